The van der Waals surface area contributed by atoms with Gasteiger partial charge in [0.25, 0.3) is 0 Å². The molecule has 42 heavy (non-hydrogen) atoms. The molecule has 42 heteroatoms. The van der Waals surface area contributed by atoms with Crippen molar-refractivity contribution in [2.24, 2.45) is 0 Å². The Balaban J connectivity index is -0.0000000388. The van der Waals surface area contributed by atoms with Gasteiger partial charge in [-0.1, -0.05) is 0 Å². The number of hydrogen-bond acceptors (Lipinski definition) is 12. The first-order chi connectivity index (χ1) is 14.8. The van der Waals surface area contributed by atoms with E-state index in [0.717, 1.165) is 0 Å². The van der Waals surface area contributed by atoms with Gasteiger partial charge in [0.2, 0.25) is 0 Å². The fourth-order valence-corrected chi connectivity index (χ4v) is 4.99. The summed E-state index contributed by atoms with van der Waals surface area (Å²) in [7, 11) is -40.4. The van der Waals surface area contributed by atoms with Crippen LogP contribution < -0.4 is 0 Å². The van der Waals surface area contributed by atoms with E-state index in [4.69, 9.17) is 78.3 Å². The van der Waals surface area contributed by atoms with Crippen molar-refractivity contribution in [1.82, 2.24) is 0 Å². The molecule has 0 aliphatic rings. The van der Waals surface area contributed by atoms with Crippen LogP contribution in [0.1, 0.15) is 0 Å². The molecule has 0 atom stereocenters. The molecule has 0 aliphatic heterocycles. The second-order valence-electron chi connectivity index (χ2n) is 4.25. The zero-order valence-electron chi connectivity index (χ0n) is 15.6. The number of phosphoric acid groups is 8. The van der Waals surface area contributed by atoms with Gasteiger partial charge in [0, 0.05) is 0 Å². The molecule has 0 unspecified atom stereocenters. The minimum atomic E-state index is -5.05. The summed E-state index contributed by atoms with van der Waals surface area (Å²) >= 11 is 0. The summed E-state index contributed by atoms with van der Waals surface area (Å²) in [5.74, 6) is 0. The first kappa shape index (κ1) is 77.4. The van der Waals surface area contributed by atoms with Crippen LogP contribution >= 0.6 is 62.6 Å². The van der Waals surface area contributed by atoms with Crippen LogP contribution in [0.4, 0.5) is 0 Å². The molecule has 0 spiro atoms. The summed E-state index contributed by atoms with van der Waals surface area (Å²) in [5, 5.41) is 0. The zero-order valence-corrected chi connectivity index (χ0v) is 22.8. The molecule has 0 saturated heterocycles. The number of rotatable bonds is 8. The van der Waals surface area contributed by atoms with Crippen LogP contribution in [-0.2, 0) is 53.8 Å². The first-order valence-electron chi connectivity index (χ1n) is 6.12. The molecule has 0 rings (SSSR count). The van der Waals surface area contributed by atoms with Gasteiger partial charge in [-0.05, 0) is 0 Å². The molecule has 0 aromatic heterocycles. The standard InChI is InChI=1S/6K.4H4O7P2.6H/c;;;;;;4*1-8(2,3)7-9(4,5)6;;;;;;/h;;;;;;4*(H2,1,2,3)(H2,4,5,6);;;;;;. The van der Waals surface area contributed by atoms with E-state index in [-0.39, 0.29) is 308 Å². The monoisotopic (exact) mass is 952 g/mol. The van der Waals surface area contributed by atoms with E-state index in [1.165, 1.54) is 0 Å². The van der Waals surface area contributed by atoms with Crippen molar-refractivity contribution < 1.29 is 132 Å². The summed E-state index contributed by atoms with van der Waals surface area (Å²) < 4.78 is 88.8. The topological polar surface area (TPSA) is 497 Å². The Morgan fingerprint density at radius 1 is 0.214 bits per heavy atom. The van der Waals surface area contributed by atoms with E-state index >= 15 is 0 Å². The van der Waals surface area contributed by atoms with Crippen LogP contribution in [0.2, 0.25) is 0 Å². The van der Waals surface area contributed by atoms with Gasteiger partial charge in [-0.3, -0.25) is 0 Å². The minimum absolute atomic E-state index is 0. The molecule has 0 fully saturated rings. The predicted octanol–water partition coefficient (Wildman–Crippen LogP) is -7.14. The van der Waals surface area contributed by atoms with Crippen molar-refractivity contribution in [1.29, 1.82) is 0 Å². The Morgan fingerprint density at radius 3 is 0.262 bits per heavy atom. The SMILES string of the molecule is O=P(O)(O)OP(=O)(O)O.O=P(O)(O)OP(=O)(O)O.O=P(O)(O)OP(=O)(O)O.O=P(O)(O)OP(=O)(O)O.[KH].[KH].[KH].[KH].[KH].[KH]. The summed E-state index contributed by atoms with van der Waals surface area (Å²) in [6.45, 7) is 0. The van der Waals surface area contributed by atoms with E-state index in [1.807, 2.05) is 0 Å². The fourth-order valence-electron chi connectivity index (χ4n) is 0.554. The summed E-state index contributed by atoms with van der Waals surface area (Å²) in [6, 6.07) is 0. The van der Waals surface area contributed by atoms with Crippen LogP contribution in [0.25, 0.3) is 0 Å². The third-order valence-electron chi connectivity index (χ3n) is 0.851. The van der Waals surface area contributed by atoms with E-state index in [9.17, 15) is 36.5 Å². The molecule has 0 aliphatic carbocycles. The van der Waals surface area contributed by atoms with Gasteiger partial charge in [-0.15, -0.1) is 0 Å². The third kappa shape index (κ3) is 104. The van der Waals surface area contributed by atoms with Crippen molar-refractivity contribution in [3.8, 4) is 0 Å². The van der Waals surface area contributed by atoms with Crippen LogP contribution in [0.15, 0.2) is 0 Å². The van der Waals surface area contributed by atoms with Crippen LogP contribution in [0.5, 0.6) is 0 Å². The molecule has 0 amide bonds. The van der Waals surface area contributed by atoms with Crippen LogP contribution in [0.3, 0.4) is 0 Å². The Labute approximate surface area is 488 Å². The van der Waals surface area contributed by atoms with Crippen molar-refractivity contribution in [2.75, 3.05) is 0 Å². The second-order valence-corrected chi connectivity index (χ2v) is 14.7. The first-order valence-corrected chi connectivity index (χ1v) is 18.4. The van der Waals surface area contributed by atoms with E-state index < -0.39 is 62.6 Å². The molecule has 0 heterocycles. The summed E-state index contributed by atoms with van der Waals surface area (Å²) in [6.07, 6.45) is 0. The van der Waals surface area contributed by atoms with E-state index in [1.54, 1.807) is 0 Å². The average molecular weight is 953 g/mol. The molecule has 16 N–H and O–H groups in total. The maximum atomic E-state index is 9.63. The summed E-state index contributed by atoms with van der Waals surface area (Å²) in [5.41, 5.74) is 0. The quantitative estimate of drug-likeness (QED) is 0.0794. The zero-order chi connectivity index (χ0) is 30.8. The normalized spacial score (nSPS) is 11.8. The van der Waals surface area contributed by atoms with Crippen LogP contribution in [0, 0.1) is 0 Å². The Kier molecular flexibility index (Phi) is 62.6. The van der Waals surface area contributed by atoms with Gasteiger partial charge in [0.05, 0.1) is 0 Å². The van der Waals surface area contributed by atoms with E-state index in [2.05, 4.69) is 17.2 Å². The summed E-state index contributed by atoms with van der Waals surface area (Å²) in [4.78, 5) is 124. The van der Waals surface area contributed by atoms with Gasteiger partial charge in [-0.2, -0.15) is 17.2 Å². The molecule has 0 radical (unpaired) electrons. The molecule has 0 aromatic rings. The van der Waals surface area contributed by atoms with Gasteiger partial charge < -0.3 is 78.3 Å². The maximum absolute atomic E-state index is 9.63. The second kappa shape index (κ2) is 33.9. The Bertz CT molecular complexity index is 782. The predicted molar refractivity (Wildman–Crippen MR) is 144 cm³/mol. The molecule has 236 valence electrons. The average Bonchev–Trinajstić information content (AvgIpc) is 2.19. The molecular weight excluding hydrogens is 930 g/mol. The van der Waals surface area contributed by atoms with Crippen molar-refractivity contribution in [2.45, 2.75) is 0 Å². The van der Waals surface area contributed by atoms with Gasteiger partial charge in [0.1, 0.15) is 0 Å². The van der Waals surface area contributed by atoms with Crippen molar-refractivity contribution in [3.63, 3.8) is 0 Å². The number of hydrogen-bond donors (Lipinski definition) is 16. The molecule has 0 aromatic carbocycles. The molecular formula is H22K6O28P8. The van der Waals surface area contributed by atoms with Gasteiger partial charge in [0.15, 0.2) is 0 Å². The third-order valence-corrected chi connectivity index (χ3v) is 7.66. The molecule has 28 nitrogen and oxygen atoms in total. The van der Waals surface area contributed by atoms with Crippen molar-refractivity contribution in [3.05, 3.63) is 0 Å². The molecule has 0 saturated carbocycles. The van der Waals surface area contributed by atoms with Gasteiger partial charge >= 0.3 is 371 Å². The molecule has 0 bridgehead atoms. The fraction of sp³-hybridized carbons (Fsp3) is 0. The van der Waals surface area contributed by atoms with Gasteiger partial charge in [-0.25, -0.2) is 36.5 Å². The van der Waals surface area contributed by atoms with E-state index in [0.29, 0.717) is 0 Å². The Hall–Kier alpha value is 10.9. The van der Waals surface area contributed by atoms with Crippen LogP contribution in [-0.4, -0.2) is 387 Å². The Morgan fingerprint density at radius 2 is 0.262 bits per heavy atom. The van der Waals surface area contributed by atoms with Crippen molar-refractivity contribution >= 4 is 371 Å².